The van der Waals surface area contributed by atoms with Gasteiger partial charge in [-0.1, -0.05) is 177 Å². The molecule has 8 rings (SSSR count). The number of benzene rings is 6. The lowest BCUT2D eigenvalue weighted by Gasteiger charge is -2.35. The molecule has 1 aliphatic carbocycles. The number of hydrogen-bond donors (Lipinski definition) is 0. The first-order valence-corrected chi connectivity index (χ1v) is 16.8. The molecule has 1 aromatic heterocycles. The minimum atomic E-state index is -0.0180. The van der Waals surface area contributed by atoms with Crippen LogP contribution in [0.4, 0.5) is 0 Å². The van der Waals surface area contributed by atoms with Crippen molar-refractivity contribution in [3.8, 4) is 45.3 Å². The van der Waals surface area contributed by atoms with Gasteiger partial charge in [0.2, 0.25) is 0 Å². The zero-order chi connectivity index (χ0) is 31.5. The summed E-state index contributed by atoms with van der Waals surface area (Å²) in [5.74, 6) is 2.06. The van der Waals surface area contributed by atoms with Crippen molar-refractivity contribution >= 4 is 10.8 Å². The van der Waals surface area contributed by atoms with Crippen LogP contribution < -0.4 is 0 Å². The van der Waals surface area contributed by atoms with E-state index in [0.717, 1.165) is 29.5 Å². The maximum atomic E-state index is 4.97. The number of hydrogen-bond acceptors (Lipinski definition) is 3. The van der Waals surface area contributed by atoms with E-state index < -0.39 is 0 Å². The van der Waals surface area contributed by atoms with Crippen LogP contribution in [0.5, 0.6) is 0 Å². The molecule has 3 nitrogen and oxygen atoms in total. The summed E-state index contributed by atoms with van der Waals surface area (Å²) in [7, 11) is 0. The van der Waals surface area contributed by atoms with Crippen molar-refractivity contribution in [2.45, 2.75) is 43.9 Å². The number of rotatable bonds is 6. The van der Waals surface area contributed by atoms with E-state index in [1.807, 2.05) is 36.4 Å². The van der Waals surface area contributed by atoms with Crippen molar-refractivity contribution in [1.29, 1.82) is 0 Å². The lowest BCUT2D eigenvalue weighted by atomic mass is 9.69. The molecule has 1 heterocycles. The maximum absolute atomic E-state index is 4.97. The van der Waals surface area contributed by atoms with Gasteiger partial charge in [-0.2, -0.15) is 0 Å². The summed E-state index contributed by atoms with van der Waals surface area (Å²) in [5.41, 5.74) is 8.29. The van der Waals surface area contributed by atoms with E-state index in [1.165, 1.54) is 58.7 Å². The molecule has 0 bridgehead atoms. The van der Waals surface area contributed by atoms with Crippen LogP contribution in [0, 0.1) is 0 Å². The van der Waals surface area contributed by atoms with Gasteiger partial charge in [-0.15, -0.1) is 0 Å². The minimum absolute atomic E-state index is 0.0180. The lowest BCUT2D eigenvalue weighted by molar-refractivity contribution is 0.446. The van der Waals surface area contributed by atoms with E-state index in [1.54, 1.807) is 0 Å². The average Bonchev–Trinajstić information content (AvgIpc) is 3.43. The molecule has 1 fully saturated rings. The quantitative estimate of drug-likeness (QED) is 0.177. The molecule has 3 heteroatoms. The van der Waals surface area contributed by atoms with Crippen molar-refractivity contribution in [1.82, 2.24) is 15.0 Å². The Morgan fingerprint density at radius 1 is 0.362 bits per heavy atom. The van der Waals surface area contributed by atoms with Crippen LogP contribution in [0.25, 0.3) is 56.1 Å². The van der Waals surface area contributed by atoms with E-state index in [4.69, 9.17) is 15.0 Å². The molecule has 0 N–H and O–H groups in total. The van der Waals surface area contributed by atoms with Gasteiger partial charge in [-0.25, -0.2) is 15.0 Å². The standard InChI is InChI=1S/C44H37N3/c1-2-12-31-44(30-11-1,37-26-22-33(23-27-37)40-21-13-19-32-14-9-10-20-39(32)40)38-28-24-36(25-29-38)43-46-41(34-15-5-3-6-16-34)45-42(47-43)35-17-7-4-8-18-35/h3-10,13-29H,1-2,11-12,30-31H2. The van der Waals surface area contributed by atoms with Gasteiger partial charge in [-0.3, -0.25) is 0 Å². The van der Waals surface area contributed by atoms with E-state index in [0.29, 0.717) is 17.5 Å². The van der Waals surface area contributed by atoms with Crippen molar-refractivity contribution in [2.75, 3.05) is 0 Å². The van der Waals surface area contributed by atoms with Crippen LogP contribution in [0.2, 0.25) is 0 Å². The summed E-state index contributed by atoms with van der Waals surface area (Å²) in [6.45, 7) is 0. The molecule has 1 saturated carbocycles. The van der Waals surface area contributed by atoms with Crippen LogP contribution in [0.1, 0.15) is 49.7 Å². The van der Waals surface area contributed by atoms with Crippen LogP contribution >= 0.6 is 0 Å². The van der Waals surface area contributed by atoms with Gasteiger partial charge >= 0.3 is 0 Å². The van der Waals surface area contributed by atoms with Crippen LogP contribution in [0.3, 0.4) is 0 Å². The van der Waals surface area contributed by atoms with Crippen molar-refractivity contribution < 1.29 is 0 Å². The van der Waals surface area contributed by atoms with Crippen molar-refractivity contribution in [3.05, 3.63) is 163 Å². The van der Waals surface area contributed by atoms with Gasteiger partial charge in [0.25, 0.3) is 0 Å². The van der Waals surface area contributed by atoms with Gasteiger partial charge in [0.1, 0.15) is 0 Å². The number of aromatic nitrogens is 3. The highest BCUT2D eigenvalue weighted by molar-refractivity contribution is 5.96. The minimum Gasteiger partial charge on any atom is -0.208 e. The molecule has 0 amide bonds. The SMILES string of the molecule is c1ccc(-c2nc(-c3ccccc3)nc(-c3ccc(C4(c5ccc(-c6cccc7ccccc67)cc5)CCCCCC4)cc3)n2)cc1. The normalized spacial score (nSPS) is 14.5. The van der Waals surface area contributed by atoms with E-state index in [9.17, 15) is 0 Å². The first-order chi connectivity index (χ1) is 23.3. The zero-order valence-electron chi connectivity index (χ0n) is 26.5. The van der Waals surface area contributed by atoms with Crippen LogP contribution in [-0.4, -0.2) is 15.0 Å². The fourth-order valence-electron chi connectivity index (χ4n) is 7.40. The fraction of sp³-hybridized carbons (Fsp3) is 0.159. The van der Waals surface area contributed by atoms with Gasteiger partial charge in [0.05, 0.1) is 0 Å². The van der Waals surface area contributed by atoms with Gasteiger partial charge in [-0.05, 0) is 45.9 Å². The highest BCUT2D eigenvalue weighted by Crippen LogP contribution is 2.45. The highest BCUT2D eigenvalue weighted by atomic mass is 15.0. The third kappa shape index (κ3) is 5.74. The molecule has 6 aromatic carbocycles. The lowest BCUT2D eigenvalue weighted by Crippen LogP contribution is -2.27. The molecule has 0 spiro atoms. The molecule has 7 aromatic rings. The Morgan fingerprint density at radius 3 is 1.36 bits per heavy atom. The van der Waals surface area contributed by atoms with Crippen LogP contribution in [-0.2, 0) is 5.41 Å². The second kappa shape index (κ2) is 12.8. The summed E-state index contributed by atoms with van der Waals surface area (Å²) in [4.78, 5) is 14.8. The van der Waals surface area contributed by atoms with Crippen molar-refractivity contribution in [3.63, 3.8) is 0 Å². The van der Waals surface area contributed by atoms with E-state index in [-0.39, 0.29) is 5.41 Å². The monoisotopic (exact) mass is 607 g/mol. The second-order valence-corrected chi connectivity index (χ2v) is 12.7. The molecule has 0 unspecified atom stereocenters. The molecule has 47 heavy (non-hydrogen) atoms. The summed E-state index contributed by atoms with van der Waals surface area (Å²) in [6, 6.07) is 54.1. The number of fused-ring (bicyclic) bond motifs is 1. The smallest absolute Gasteiger partial charge is 0.164 e. The van der Waals surface area contributed by atoms with E-state index >= 15 is 0 Å². The molecule has 1 aliphatic rings. The maximum Gasteiger partial charge on any atom is 0.164 e. The van der Waals surface area contributed by atoms with Crippen molar-refractivity contribution in [2.24, 2.45) is 0 Å². The molecule has 0 aliphatic heterocycles. The fourth-order valence-corrected chi connectivity index (χ4v) is 7.40. The van der Waals surface area contributed by atoms with Gasteiger partial charge in [0.15, 0.2) is 17.5 Å². The average molecular weight is 608 g/mol. The number of nitrogens with zero attached hydrogens (tertiary/aromatic N) is 3. The summed E-state index contributed by atoms with van der Waals surface area (Å²) in [5, 5.41) is 2.58. The Hall–Kier alpha value is -5.41. The summed E-state index contributed by atoms with van der Waals surface area (Å²) in [6.07, 6.45) is 7.37. The first kappa shape index (κ1) is 29.0. The third-order valence-corrected chi connectivity index (χ3v) is 9.89. The Bertz CT molecular complexity index is 2050. The molecular formula is C44H37N3. The Morgan fingerprint density at radius 2 is 0.809 bits per heavy atom. The van der Waals surface area contributed by atoms with Crippen LogP contribution in [0.15, 0.2) is 152 Å². The molecule has 0 atom stereocenters. The second-order valence-electron chi connectivity index (χ2n) is 12.7. The Labute approximate surface area is 277 Å². The first-order valence-electron chi connectivity index (χ1n) is 16.8. The zero-order valence-corrected chi connectivity index (χ0v) is 26.5. The van der Waals surface area contributed by atoms with Gasteiger partial charge in [0, 0.05) is 22.1 Å². The predicted octanol–water partition coefficient (Wildman–Crippen LogP) is 11.3. The van der Waals surface area contributed by atoms with E-state index in [2.05, 4.69) is 115 Å². The highest BCUT2D eigenvalue weighted by Gasteiger charge is 2.34. The Kier molecular flexibility index (Phi) is 7.88. The molecular weight excluding hydrogens is 571 g/mol. The molecule has 0 saturated heterocycles. The topological polar surface area (TPSA) is 38.7 Å². The molecule has 0 radical (unpaired) electrons. The van der Waals surface area contributed by atoms with Gasteiger partial charge < -0.3 is 0 Å². The Balaban J connectivity index is 1.17. The largest absolute Gasteiger partial charge is 0.208 e. The summed E-state index contributed by atoms with van der Waals surface area (Å²) < 4.78 is 0. The molecule has 228 valence electrons. The predicted molar refractivity (Wildman–Crippen MR) is 194 cm³/mol. The summed E-state index contributed by atoms with van der Waals surface area (Å²) >= 11 is 0. The third-order valence-electron chi connectivity index (χ3n) is 9.89.